The van der Waals surface area contributed by atoms with E-state index in [2.05, 4.69) is 20.3 Å². The first-order chi connectivity index (χ1) is 14.5. The van der Waals surface area contributed by atoms with E-state index >= 15 is 0 Å². The zero-order valence-corrected chi connectivity index (χ0v) is 19.0. The molecule has 2 N–H and O–H groups in total. The average molecular weight is 509 g/mol. The van der Waals surface area contributed by atoms with Crippen molar-refractivity contribution in [1.29, 1.82) is 0 Å². The average Bonchev–Trinajstić information content (AvgIpc) is 3.07. The molecule has 0 aliphatic rings. The van der Waals surface area contributed by atoms with Crippen LogP contribution in [0.1, 0.15) is 6.92 Å². The second-order valence-corrected chi connectivity index (χ2v) is 10.4. The van der Waals surface area contributed by atoms with Crippen LogP contribution >= 0.6 is 23.2 Å². The van der Waals surface area contributed by atoms with Crippen LogP contribution in [0, 0.1) is 0 Å². The number of sulfonamides is 1. The van der Waals surface area contributed by atoms with Crippen molar-refractivity contribution < 1.29 is 26.4 Å². The van der Waals surface area contributed by atoms with Gasteiger partial charge in [0.1, 0.15) is 10.8 Å². The molecule has 166 valence electrons. The zero-order chi connectivity index (χ0) is 23.0. The summed E-state index contributed by atoms with van der Waals surface area (Å²) >= 11 is 11.7. The minimum absolute atomic E-state index is 0.000110. The molecule has 3 heterocycles. The highest BCUT2D eigenvalue weighted by Gasteiger charge is 2.33. The Balaban J connectivity index is 2.03. The summed E-state index contributed by atoms with van der Waals surface area (Å²) < 4.78 is 58.4. The van der Waals surface area contributed by atoms with Gasteiger partial charge in [0.05, 0.1) is 17.9 Å². The summed E-state index contributed by atoms with van der Waals surface area (Å²) in [5.74, 6) is -0.749. The molecule has 3 rings (SSSR count). The third-order valence-corrected chi connectivity index (χ3v) is 7.30. The number of nitrogens with zero attached hydrogens (tertiary/aromatic N) is 4. The number of hydrogen-bond acceptors (Lipinski definition) is 9. The summed E-state index contributed by atoms with van der Waals surface area (Å²) in [7, 11) is -7.52. The number of rotatable bonds is 6. The number of hydrogen-bond donors (Lipinski definition) is 2. The van der Waals surface area contributed by atoms with E-state index in [0.717, 1.165) is 10.6 Å². The Kier molecular flexibility index (Phi) is 6.27. The van der Waals surface area contributed by atoms with Crippen molar-refractivity contribution in [2.75, 3.05) is 18.2 Å². The maximum absolute atomic E-state index is 13.0. The molecule has 12 nitrogen and oxygen atoms in total. The molecule has 2 amide bonds. The lowest BCUT2D eigenvalue weighted by Gasteiger charge is -2.10. The van der Waals surface area contributed by atoms with E-state index in [4.69, 9.17) is 27.9 Å². The molecule has 0 unspecified atom stereocenters. The van der Waals surface area contributed by atoms with Crippen LogP contribution in [0.15, 0.2) is 34.4 Å². The molecule has 16 heteroatoms. The number of pyridine rings is 1. The number of ether oxygens (including phenoxy) is 1. The number of urea groups is 1. The SMILES string of the molecule is CCS(=O)(=O)c1nc2ccc(Cl)cn2c1S(=O)(=O)NC(=O)Nc1nc(Cl)cc(OC)n1. The molecule has 0 saturated carbocycles. The van der Waals surface area contributed by atoms with Gasteiger partial charge in [-0.25, -0.2) is 27.9 Å². The highest BCUT2D eigenvalue weighted by atomic mass is 35.5. The number of carbonyl (C=O) groups excluding carboxylic acids is 1. The first-order valence-corrected chi connectivity index (χ1v) is 12.2. The van der Waals surface area contributed by atoms with Crippen LogP contribution in [0.4, 0.5) is 10.7 Å². The Morgan fingerprint density at radius 2 is 1.87 bits per heavy atom. The molecule has 3 aromatic heterocycles. The highest BCUT2D eigenvalue weighted by Crippen LogP contribution is 2.25. The molecule has 31 heavy (non-hydrogen) atoms. The normalized spacial score (nSPS) is 12.0. The van der Waals surface area contributed by atoms with Crippen molar-refractivity contribution in [2.24, 2.45) is 0 Å². The molecule has 3 aromatic rings. The third-order valence-electron chi connectivity index (χ3n) is 3.77. The summed E-state index contributed by atoms with van der Waals surface area (Å²) in [5, 5.41) is 0.635. The van der Waals surface area contributed by atoms with E-state index in [1.807, 2.05) is 0 Å². The first kappa shape index (κ1) is 23.0. The lowest BCUT2D eigenvalue weighted by Crippen LogP contribution is -2.36. The van der Waals surface area contributed by atoms with E-state index in [1.54, 1.807) is 4.72 Å². The number of sulfone groups is 1. The van der Waals surface area contributed by atoms with Crippen LogP contribution in [-0.2, 0) is 19.9 Å². The van der Waals surface area contributed by atoms with Crippen LogP contribution in [0.3, 0.4) is 0 Å². The van der Waals surface area contributed by atoms with Gasteiger partial charge in [-0.2, -0.15) is 13.4 Å². The minimum Gasteiger partial charge on any atom is -0.481 e. The maximum atomic E-state index is 13.0. The van der Waals surface area contributed by atoms with Crippen LogP contribution in [0.25, 0.3) is 5.65 Å². The maximum Gasteiger partial charge on any atom is 0.335 e. The molecule has 0 radical (unpaired) electrons. The Morgan fingerprint density at radius 3 is 2.52 bits per heavy atom. The lowest BCUT2D eigenvalue weighted by molar-refractivity contribution is 0.256. The molecular formula is C15H14Cl2N6O6S2. The van der Waals surface area contributed by atoms with Gasteiger partial charge in [-0.15, -0.1) is 0 Å². The van der Waals surface area contributed by atoms with E-state index in [9.17, 15) is 21.6 Å². The topological polar surface area (TPSA) is 162 Å². The van der Waals surface area contributed by atoms with Gasteiger partial charge in [0, 0.05) is 12.3 Å². The van der Waals surface area contributed by atoms with Gasteiger partial charge >= 0.3 is 6.03 Å². The molecule has 0 bridgehead atoms. The number of amides is 2. The fraction of sp³-hybridized carbons (Fsp3) is 0.200. The van der Waals surface area contributed by atoms with Crippen molar-refractivity contribution in [1.82, 2.24) is 24.1 Å². The van der Waals surface area contributed by atoms with Crippen molar-refractivity contribution in [3.05, 3.63) is 34.6 Å². The van der Waals surface area contributed by atoms with Gasteiger partial charge in [0.25, 0.3) is 10.0 Å². The van der Waals surface area contributed by atoms with Crippen molar-refractivity contribution in [3.63, 3.8) is 0 Å². The fourth-order valence-electron chi connectivity index (χ4n) is 2.41. The second kappa shape index (κ2) is 8.45. The van der Waals surface area contributed by atoms with Crippen LogP contribution in [-0.4, -0.2) is 55.1 Å². The zero-order valence-electron chi connectivity index (χ0n) is 15.8. The quantitative estimate of drug-likeness (QED) is 0.472. The molecule has 0 aliphatic carbocycles. The summed E-state index contributed by atoms with van der Waals surface area (Å²) in [6, 6.07) is 2.74. The van der Waals surface area contributed by atoms with E-state index in [0.29, 0.717) is 0 Å². The standard InChI is InChI=1S/C15H14Cl2N6O6S2/c1-3-30(25,26)12-13(23-7-8(16)4-5-10(23)19-12)31(27,28)22-15(24)21-14-18-9(17)6-11(20-14)29-2/h4-7H,3H2,1-2H3,(H2,18,20,21,22,24). The molecule has 0 spiro atoms. The highest BCUT2D eigenvalue weighted by molar-refractivity contribution is 7.93. The molecule has 0 saturated heterocycles. The van der Waals surface area contributed by atoms with E-state index in [-0.39, 0.29) is 27.7 Å². The van der Waals surface area contributed by atoms with Crippen LogP contribution < -0.4 is 14.8 Å². The van der Waals surface area contributed by atoms with Crippen LogP contribution in [0.5, 0.6) is 5.88 Å². The molecule has 0 aromatic carbocycles. The monoisotopic (exact) mass is 508 g/mol. The van der Waals surface area contributed by atoms with E-state index < -0.39 is 41.7 Å². The largest absolute Gasteiger partial charge is 0.481 e. The van der Waals surface area contributed by atoms with Gasteiger partial charge in [-0.3, -0.25) is 9.72 Å². The summed E-state index contributed by atoms with van der Waals surface area (Å²) in [6.45, 7) is 1.33. The van der Waals surface area contributed by atoms with Crippen molar-refractivity contribution >= 4 is 60.7 Å². The van der Waals surface area contributed by atoms with Gasteiger partial charge in [-0.1, -0.05) is 30.1 Å². The van der Waals surface area contributed by atoms with Gasteiger partial charge in [0.2, 0.25) is 11.8 Å². The number of fused-ring (bicyclic) bond motifs is 1. The number of aromatic nitrogens is 4. The Morgan fingerprint density at radius 1 is 1.16 bits per heavy atom. The smallest absolute Gasteiger partial charge is 0.335 e. The number of methoxy groups -OCH3 is 1. The summed E-state index contributed by atoms with van der Waals surface area (Å²) in [4.78, 5) is 23.7. The third kappa shape index (κ3) is 4.81. The second-order valence-electron chi connectivity index (χ2n) is 5.82. The molecular weight excluding hydrogens is 495 g/mol. The predicted molar refractivity (Wildman–Crippen MR) is 111 cm³/mol. The van der Waals surface area contributed by atoms with Crippen LogP contribution in [0.2, 0.25) is 10.2 Å². The van der Waals surface area contributed by atoms with Crippen molar-refractivity contribution in [2.45, 2.75) is 17.0 Å². The lowest BCUT2D eigenvalue weighted by atomic mass is 10.5. The Bertz CT molecular complexity index is 1390. The van der Waals surface area contributed by atoms with Gasteiger partial charge < -0.3 is 4.74 Å². The fourth-order valence-corrected chi connectivity index (χ4v) is 5.40. The number of carbonyl (C=O) groups is 1. The van der Waals surface area contributed by atoms with E-state index in [1.165, 1.54) is 32.2 Å². The molecule has 0 atom stereocenters. The number of imidazole rings is 1. The Hall–Kier alpha value is -2.68. The Labute approximate surface area is 186 Å². The number of halogens is 2. The summed E-state index contributed by atoms with van der Waals surface area (Å²) in [6.07, 6.45) is 1.16. The van der Waals surface area contributed by atoms with Crippen molar-refractivity contribution in [3.8, 4) is 5.88 Å². The number of anilines is 1. The first-order valence-electron chi connectivity index (χ1n) is 8.29. The predicted octanol–water partition coefficient (Wildman–Crippen LogP) is 1.74. The van der Waals surface area contributed by atoms with Gasteiger partial charge in [-0.05, 0) is 12.1 Å². The molecule has 0 fully saturated rings. The molecule has 0 aliphatic heterocycles. The summed E-state index contributed by atoms with van der Waals surface area (Å²) in [5.41, 5.74) is 0.000110. The van der Waals surface area contributed by atoms with Gasteiger partial charge in [0.15, 0.2) is 19.9 Å². The minimum atomic E-state index is -4.75. The number of nitrogens with one attached hydrogen (secondary N) is 2.